The van der Waals surface area contributed by atoms with Gasteiger partial charge in [-0.05, 0) is 44.7 Å². The Labute approximate surface area is 127 Å². The lowest BCUT2D eigenvalue weighted by Gasteiger charge is -2.17. The van der Waals surface area contributed by atoms with Gasteiger partial charge in [-0.25, -0.2) is 4.79 Å². The minimum absolute atomic E-state index is 0.112. The SMILES string of the molecule is CC(CCCC(C)(C)Cl)CCOC(=O)c1ccccc1. The predicted octanol–water partition coefficient (Wildman–Crippen LogP) is 5.06. The molecule has 0 saturated carbocycles. The van der Waals surface area contributed by atoms with Crippen molar-refractivity contribution in [2.45, 2.75) is 51.3 Å². The van der Waals surface area contributed by atoms with Gasteiger partial charge in [-0.3, -0.25) is 0 Å². The minimum Gasteiger partial charge on any atom is -0.462 e. The van der Waals surface area contributed by atoms with Crippen LogP contribution in [0.2, 0.25) is 0 Å². The van der Waals surface area contributed by atoms with Crippen LogP contribution in [0.5, 0.6) is 0 Å². The highest BCUT2D eigenvalue weighted by Crippen LogP contribution is 2.23. The van der Waals surface area contributed by atoms with Crippen molar-refractivity contribution in [2.75, 3.05) is 6.61 Å². The van der Waals surface area contributed by atoms with Crippen LogP contribution < -0.4 is 0 Å². The molecule has 1 atom stereocenters. The third-order valence-corrected chi connectivity index (χ3v) is 3.51. The van der Waals surface area contributed by atoms with Gasteiger partial charge in [0.15, 0.2) is 0 Å². The third-order valence-electron chi connectivity index (χ3n) is 3.32. The van der Waals surface area contributed by atoms with Crippen LogP contribution in [0.3, 0.4) is 0 Å². The van der Waals surface area contributed by atoms with Gasteiger partial charge in [0.05, 0.1) is 12.2 Å². The van der Waals surface area contributed by atoms with Crippen LogP contribution >= 0.6 is 11.6 Å². The van der Waals surface area contributed by atoms with Crippen LogP contribution in [0.25, 0.3) is 0 Å². The number of carbonyl (C=O) groups is 1. The van der Waals surface area contributed by atoms with Crippen molar-refractivity contribution in [2.24, 2.45) is 5.92 Å². The van der Waals surface area contributed by atoms with Gasteiger partial charge in [-0.2, -0.15) is 0 Å². The molecule has 0 fully saturated rings. The van der Waals surface area contributed by atoms with Crippen LogP contribution in [0.15, 0.2) is 30.3 Å². The number of carbonyl (C=O) groups excluding carboxylic acids is 1. The summed E-state index contributed by atoms with van der Waals surface area (Å²) >= 11 is 6.16. The summed E-state index contributed by atoms with van der Waals surface area (Å²) in [6.07, 6.45) is 4.16. The molecule has 112 valence electrons. The molecule has 1 rings (SSSR count). The Kier molecular flexibility index (Phi) is 7.08. The predicted molar refractivity (Wildman–Crippen MR) is 84.3 cm³/mol. The zero-order valence-electron chi connectivity index (χ0n) is 12.7. The molecule has 2 nitrogen and oxygen atoms in total. The zero-order valence-corrected chi connectivity index (χ0v) is 13.5. The minimum atomic E-state index is -0.236. The zero-order chi connectivity index (χ0) is 15.0. The molecule has 0 aliphatic heterocycles. The lowest BCUT2D eigenvalue weighted by Crippen LogP contribution is -2.11. The molecule has 0 N–H and O–H groups in total. The Morgan fingerprint density at radius 1 is 1.25 bits per heavy atom. The van der Waals surface area contributed by atoms with Gasteiger partial charge in [0.1, 0.15) is 0 Å². The first-order chi connectivity index (χ1) is 9.38. The van der Waals surface area contributed by atoms with Gasteiger partial charge >= 0.3 is 5.97 Å². The van der Waals surface area contributed by atoms with E-state index in [0.29, 0.717) is 18.1 Å². The lowest BCUT2D eigenvalue weighted by atomic mass is 9.97. The molecular weight excluding hydrogens is 272 g/mol. The molecule has 0 spiro atoms. The van der Waals surface area contributed by atoms with E-state index >= 15 is 0 Å². The van der Waals surface area contributed by atoms with Crippen molar-refractivity contribution in [3.05, 3.63) is 35.9 Å². The average molecular weight is 297 g/mol. The summed E-state index contributed by atoms with van der Waals surface area (Å²) in [6.45, 7) is 6.76. The van der Waals surface area contributed by atoms with Crippen molar-refractivity contribution < 1.29 is 9.53 Å². The first-order valence-electron chi connectivity index (χ1n) is 7.29. The molecule has 0 aliphatic rings. The van der Waals surface area contributed by atoms with E-state index in [9.17, 15) is 4.79 Å². The van der Waals surface area contributed by atoms with Gasteiger partial charge in [0.25, 0.3) is 0 Å². The number of ether oxygens (including phenoxy) is 1. The summed E-state index contributed by atoms with van der Waals surface area (Å²) in [6, 6.07) is 9.11. The molecule has 1 aromatic rings. The number of halogens is 1. The Morgan fingerprint density at radius 2 is 1.90 bits per heavy atom. The van der Waals surface area contributed by atoms with Gasteiger partial charge in [-0.15, -0.1) is 11.6 Å². The summed E-state index contributed by atoms with van der Waals surface area (Å²) in [5.74, 6) is 0.317. The Bertz CT molecular complexity index is 395. The molecule has 0 aromatic heterocycles. The number of benzene rings is 1. The summed E-state index contributed by atoms with van der Waals surface area (Å²) in [4.78, 5) is 11.6. The molecule has 20 heavy (non-hydrogen) atoms. The number of rotatable bonds is 8. The Hall–Kier alpha value is -1.02. The Morgan fingerprint density at radius 3 is 2.50 bits per heavy atom. The van der Waals surface area contributed by atoms with Gasteiger partial charge in [0, 0.05) is 4.87 Å². The highest BCUT2D eigenvalue weighted by Gasteiger charge is 2.13. The van der Waals surface area contributed by atoms with E-state index in [1.807, 2.05) is 32.0 Å². The molecular formula is C17H25ClO2. The summed E-state index contributed by atoms with van der Waals surface area (Å²) in [7, 11) is 0. The normalized spacial score (nSPS) is 13.0. The summed E-state index contributed by atoms with van der Waals surface area (Å²) in [5, 5.41) is 0. The van der Waals surface area contributed by atoms with E-state index in [1.165, 1.54) is 0 Å². The monoisotopic (exact) mass is 296 g/mol. The van der Waals surface area contributed by atoms with E-state index < -0.39 is 0 Å². The van der Waals surface area contributed by atoms with Gasteiger partial charge in [0.2, 0.25) is 0 Å². The lowest BCUT2D eigenvalue weighted by molar-refractivity contribution is 0.0483. The second-order valence-electron chi connectivity index (χ2n) is 6.01. The maximum Gasteiger partial charge on any atom is 0.338 e. The second-order valence-corrected chi connectivity index (χ2v) is 7.03. The fourth-order valence-electron chi connectivity index (χ4n) is 2.03. The molecule has 0 bridgehead atoms. The number of hydrogen-bond donors (Lipinski definition) is 0. The van der Waals surface area contributed by atoms with E-state index in [0.717, 1.165) is 25.7 Å². The van der Waals surface area contributed by atoms with Crippen LogP contribution in [-0.2, 0) is 4.74 Å². The van der Waals surface area contributed by atoms with E-state index in [-0.39, 0.29) is 10.8 Å². The highest BCUT2D eigenvalue weighted by atomic mass is 35.5. The van der Waals surface area contributed by atoms with Crippen LogP contribution in [0.4, 0.5) is 0 Å². The van der Waals surface area contributed by atoms with Crippen molar-refractivity contribution in [1.29, 1.82) is 0 Å². The smallest absolute Gasteiger partial charge is 0.338 e. The van der Waals surface area contributed by atoms with Crippen molar-refractivity contribution in [3.63, 3.8) is 0 Å². The number of alkyl halides is 1. The van der Waals surface area contributed by atoms with E-state index in [1.54, 1.807) is 12.1 Å². The maximum absolute atomic E-state index is 11.7. The maximum atomic E-state index is 11.7. The molecule has 0 amide bonds. The van der Waals surface area contributed by atoms with Crippen molar-refractivity contribution >= 4 is 17.6 Å². The Balaban J connectivity index is 2.16. The van der Waals surface area contributed by atoms with E-state index in [4.69, 9.17) is 16.3 Å². The third kappa shape index (κ3) is 7.54. The quantitative estimate of drug-likeness (QED) is 0.495. The topological polar surface area (TPSA) is 26.3 Å². The molecule has 1 aromatic carbocycles. The molecule has 0 aliphatic carbocycles. The second kappa shape index (κ2) is 8.31. The number of hydrogen-bond acceptors (Lipinski definition) is 2. The molecule has 0 heterocycles. The van der Waals surface area contributed by atoms with Gasteiger partial charge < -0.3 is 4.74 Å². The fraction of sp³-hybridized carbons (Fsp3) is 0.588. The molecule has 0 radical (unpaired) electrons. The van der Waals surface area contributed by atoms with Crippen molar-refractivity contribution in [3.8, 4) is 0 Å². The fourth-order valence-corrected chi connectivity index (χ4v) is 2.16. The van der Waals surface area contributed by atoms with Crippen molar-refractivity contribution in [1.82, 2.24) is 0 Å². The van der Waals surface area contributed by atoms with Crippen LogP contribution in [0, 0.1) is 5.92 Å². The summed E-state index contributed by atoms with van der Waals surface area (Å²) in [5.41, 5.74) is 0.615. The van der Waals surface area contributed by atoms with Crippen LogP contribution in [-0.4, -0.2) is 17.5 Å². The van der Waals surface area contributed by atoms with Gasteiger partial charge in [-0.1, -0.05) is 38.0 Å². The first kappa shape index (κ1) is 17.0. The standard InChI is InChI=1S/C17H25ClO2/c1-14(8-7-12-17(2,3)18)11-13-20-16(19)15-9-5-4-6-10-15/h4-6,9-10,14H,7-8,11-13H2,1-3H3. The molecule has 0 saturated heterocycles. The summed E-state index contributed by atoms with van der Waals surface area (Å²) < 4.78 is 5.28. The molecule has 1 unspecified atom stereocenters. The van der Waals surface area contributed by atoms with E-state index in [2.05, 4.69) is 6.92 Å². The number of esters is 1. The van der Waals surface area contributed by atoms with Crippen LogP contribution in [0.1, 0.15) is 56.8 Å². The highest BCUT2D eigenvalue weighted by molar-refractivity contribution is 6.23. The average Bonchev–Trinajstić information content (AvgIpc) is 2.38. The largest absolute Gasteiger partial charge is 0.462 e. The molecule has 3 heteroatoms. The first-order valence-corrected chi connectivity index (χ1v) is 7.67.